The van der Waals surface area contributed by atoms with E-state index >= 15 is 0 Å². The summed E-state index contributed by atoms with van der Waals surface area (Å²) in [6, 6.07) is 7.25. The van der Waals surface area contributed by atoms with E-state index in [4.69, 9.17) is 5.73 Å². The predicted molar refractivity (Wildman–Crippen MR) is 125 cm³/mol. The van der Waals surface area contributed by atoms with Gasteiger partial charge in [0.1, 0.15) is 12.1 Å². The molecule has 1 aromatic carbocycles. The van der Waals surface area contributed by atoms with Crippen molar-refractivity contribution in [3.05, 3.63) is 57.0 Å². The van der Waals surface area contributed by atoms with Gasteiger partial charge in [0.05, 0.1) is 12.1 Å². The van der Waals surface area contributed by atoms with Crippen LogP contribution in [0.5, 0.6) is 0 Å². The minimum absolute atomic E-state index is 0.0241. The molecular weight excluding hydrogens is 424 g/mol. The van der Waals surface area contributed by atoms with Crippen LogP contribution in [0.2, 0.25) is 0 Å². The molecule has 0 atom stereocenters. The van der Waals surface area contributed by atoms with Crippen LogP contribution in [0.4, 0.5) is 11.5 Å². The van der Waals surface area contributed by atoms with Crippen molar-refractivity contribution in [2.24, 2.45) is 0 Å². The first kappa shape index (κ1) is 23.9. The van der Waals surface area contributed by atoms with E-state index in [9.17, 15) is 14.4 Å². The summed E-state index contributed by atoms with van der Waals surface area (Å²) in [5.41, 5.74) is 6.63. The Morgan fingerprint density at radius 1 is 1.09 bits per heavy atom. The van der Waals surface area contributed by atoms with Gasteiger partial charge >= 0.3 is 5.69 Å². The molecule has 11 nitrogen and oxygen atoms in total. The van der Waals surface area contributed by atoms with Crippen molar-refractivity contribution >= 4 is 17.4 Å². The zero-order chi connectivity index (χ0) is 23.8. The van der Waals surface area contributed by atoms with E-state index in [0.717, 1.165) is 36.9 Å². The van der Waals surface area contributed by atoms with Gasteiger partial charge in [0.15, 0.2) is 5.69 Å². The third-order valence-electron chi connectivity index (χ3n) is 5.41. The molecule has 0 bridgehead atoms. The van der Waals surface area contributed by atoms with Crippen LogP contribution in [0, 0.1) is 0 Å². The van der Waals surface area contributed by atoms with Gasteiger partial charge in [0.2, 0.25) is 5.91 Å². The maximum absolute atomic E-state index is 13.3. The van der Waals surface area contributed by atoms with E-state index in [1.54, 1.807) is 0 Å². The number of nitrogens with zero attached hydrogens (tertiary/aromatic N) is 6. The number of carbonyl (C=O) groups excluding carboxylic acids is 1. The molecule has 0 aliphatic rings. The molecular formula is C22H30N8O3. The molecule has 0 saturated carbocycles. The lowest BCUT2D eigenvalue weighted by atomic mass is 10.1. The number of benzene rings is 1. The van der Waals surface area contributed by atoms with Gasteiger partial charge in [-0.1, -0.05) is 45.2 Å². The first-order valence-electron chi connectivity index (χ1n) is 11.2. The van der Waals surface area contributed by atoms with Crippen molar-refractivity contribution in [2.45, 2.75) is 58.9 Å². The number of H-pyrrole nitrogens is 1. The lowest BCUT2D eigenvalue weighted by Crippen LogP contribution is -2.42. The Labute approximate surface area is 191 Å². The fraction of sp³-hybridized carbons (Fsp3) is 0.455. The number of hydrogen-bond donors (Lipinski definition) is 2. The van der Waals surface area contributed by atoms with Gasteiger partial charge in [0, 0.05) is 13.1 Å². The summed E-state index contributed by atoms with van der Waals surface area (Å²) in [4.78, 5) is 42.1. The van der Waals surface area contributed by atoms with E-state index in [0.29, 0.717) is 19.5 Å². The second-order valence-corrected chi connectivity index (χ2v) is 7.85. The fourth-order valence-corrected chi connectivity index (χ4v) is 3.57. The number of nitrogens with two attached hydrogens (primary N) is 1. The van der Waals surface area contributed by atoms with E-state index in [2.05, 4.69) is 27.4 Å². The molecule has 2 heterocycles. The number of aromatic nitrogens is 6. The number of hydrogen-bond acceptors (Lipinski definition) is 7. The topological polar surface area (TPSA) is 145 Å². The summed E-state index contributed by atoms with van der Waals surface area (Å²) in [6.45, 7) is 4.78. The molecule has 0 radical (unpaired) electrons. The fourth-order valence-electron chi connectivity index (χ4n) is 3.57. The standard InChI is InChI=1S/C22H30N8O3/c1-3-5-7-13-28(19-20(23)29(12-6-4-2)22(33)25-21(19)32)18(31)14-16-8-10-17(11-9-16)30-15-24-26-27-30/h8-11,15H,3-7,12-14,23H2,1-2H3,(H,25,32,33). The van der Waals surface area contributed by atoms with Crippen LogP contribution in [0.3, 0.4) is 0 Å². The van der Waals surface area contributed by atoms with Gasteiger partial charge in [-0.05, 0) is 41.0 Å². The summed E-state index contributed by atoms with van der Waals surface area (Å²) < 4.78 is 2.85. The van der Waals surface area contributed by atoms with Crippen LogP contribution in [-0.4, -0.2) is 42.2 Å². The summed E-state index contributed by atoms with van der Waals surface area (Å²) in [5, 5.41) is 11.1. The number of unbranched alkanes of at least 4 members (excludes halogenated alkanes) is 3. The monoisotopic (exact) mass is 454 g/mol. The first-order chi connectivity index (χ1) is 16.0. The molecule has 3 aromatic rings. The summed E-state index contributed by atoms with van der Waals surface area (Å²) in [6.07, 6.45) is 5.73. The minimum Gasteiger partial charge on any atom is -0.383 e. The summed E-state index contributed by atoms with van der Waals surface area (Å²) >= 11 is 0. The average molecular weight is 455 g/mol. The van der Waals surface area contributed by atoms with Crippen molar-refractivity contribution < 1.29 is 4.79 Å². The number of tetrazole rings is 1. The average Bonchev–Trinajstić information content (AvgIpc) is 3.33. The number of anilines is 2. The molecule has 1 amide bonds. The van der Waals surface area contributed by atoms with Crippen LogP contribution in [-0.2, 0) is 17.8 Å². The van der Waals surface area contributed by atoms with Gasteiger partial charge < -0.3 is 10.6 Å². The van der Waals surface area contributed by atoms with Crippen molar-refractivity contribution in [1.29, 1.82) is 0 Å². The Kier molecular flexibility index (Phi) is 8.11. The molecule has 176 valence electrons. The second-order valence-electron chi connectivity index (χ2n) is 7.85. The highest BCUT2D eigenvalue weighted by atomic mass is 16.2. The molecule has 33 heavy (non-hydrogen) atoms. The third kappa shape index (κ3) is 5.73. The largest absolute Gasteiger partial charge is 0.383 e. The number of aromatic amines is 1. The Balaban J connectivity index is 1.90. The number of nitrogen functional groups attached to an aromatic ring is 1. The maximum atomic E-state index is 13.3. The Bertz CT molecular complexity index is 1170. The SMILES string of the molecule is CCCCCN(C(=O)Cc1ccc(-n2cnnn2)cc1)c1c(N)n(CCCC)c(=O)[nH]c1=O. The molecule has 11 heteroatoms. The van der Waals surface area contributed by atoms with Crippen molar-refractivity contribution in [3.8, 4) is 5.69 Å². The Morgan fingerprint density at radius 2 is 1.82 bits per heavy atom. The van der Waals surface area contributed by atoms with Crippen LogP contribution in [0.15, 0.2) is 40.2 Å². The van der Waals surface area contributed by atoms with Crippen molar-refractivity contribution in [1.82, 2.24) is 29.8 Å². The van der Waals surface area contributed by atoms with E-state index in [1.165, 1.54) is 20.5 Å². The summed E-state index contributed by atoms with van der Waals surface area (Å²) in [7, 11) is 0. The Morgan fingerprint density at radius 3 is 2.45 bits per heavy atom. The van der Waals surface area contributed by atoms with Gasteiger partial charge in [-0.15, -0.1) is 5.10 Å². The molecule has 0 saturated heterocycles. The molecule has 2 aromatic heterocycles. The lowest BCUT2D eigenvalue weighted by molar-refractivity contribution is -0.118. The van der Waals surface area contributed by atoms with E-state index in [-0.39, 0.29) is 23.8 Å². The molecule has 0 unspecified atom stereocenters. The van der Waals surface area contributed by atoms with Gasteiger partial charge in [0.25, 0.3) is 5.56 Å². The Hall–Kier alpha value is -3.76. The van der Waals surface area contributed by atoms with E-state index < -0.39 is 11.2 Å². The quantitative estimate of drug-likeness (QED) is 0.419. The zero-order valence-corrected chi connectivity index (χ0v) is 19.0. The summed E-state index contributed by atoms with van der Waals surface area (Å²) in [5.74, 6) is -0.241. The molecule has 0 spiro atoms. The first-order valence-corrected chi connectivity index (χ1v) is 11.2. The number of nitrogens with one attached hydrogen (secondary N) is 1. The molecule has 3 N–H and O–H groups in total. The zero-order valence-electron chi connectivity index (χ0n) is 19.0. The lowest BCUT2D eigenvalue weighted by Gasteiger charge is -2.24. The third-order valence-corrected chi connectivity index (χ3v) is 5.41. The smallest absolute Gasteiger partial charge is 0.330 e. The highest BCUT2D eigenvalue weighted by Crippen LogP contribution is 2.20. The number of amides is 1. The number of carbonyl (C=O) groups is 1. The van der Waals surface area contributed by atoms with Crippen LogP contribution >= 0.6 is 0 Å². The van der Waals surface area contributed by atoms with Crippen molar-refractivity contribution in [2.75, 3.05) is 17.2 Å². The van der Waals surface area contributed by atoms with Crippen LogP contribution in [0.25, 0.3) is 5.69 Å². The van der Waals surface area contributed by atoms with Crippen LogP contribution < -0.4 is 21.9 Å². The molecule has 3 rings (SSSR count). The van der Waals surface area contributed by atoms with E-state index in [1.807, 2.05) is 31.2 Å². The normalized spacial score (nSPS) is 11.0. The maximum Gasteiger partial charge on any atom is 0.330 e. The second kappa shape index (κ2) is 11.2. The number of rotatable bonds is 11. The van der Waals surface area contributed by atoms with Crippen LogP contribution in [0.1, 0.15) is 51.5 Å². The van der Waals surface area contributed by atoms with Gasteiger partial charge in [-0.2, -0.15) is 0 Å². The molecule has 0 fully saturated rings. The van der Waals surface area contributed by atoms with Crippen molar-refractivity contribution in [3.63, 3.8) is 0 Å². The highest BCUT2D eigenvalue weighted by molar-refractivity contribution is 5.96. The van der Waals surface area contributed by atoms with Gasteiger partial charge in [-0.3, -0.25) is 19.1 Å². The predicted octanol–water partition coefficient (Wildman–Crippen LogP) is 1.66. The molecule has 0 aliphatic carbocycles. The minimum atomic E-state index is -0.649. The highest BCUT2D eigenvalue weighted by Gasteiger charge is 2.24. The molecule has 0 aliphatic heterocycles. The van der Waals surface area contributed by atoms with Gasteiger partial charge in [-0.25, -0.2) is 9.48 Å².